The van der Waals surface area contributed by atoms with Gasteiger partial charge in [-0.3, -0.25) is 10.1 Å². The second-order valence-corrected chi connectivity index (χ2v) is 5.54. The van der Waals surface area contributed by atoms with Crippen LogP contribution in [0.1, 0.15) is 30.9 Å². The fraction of sp³-hybridized carbons (Fsp3) is 0.533. The molecule has 1 aromatic rings. The molecule has 0 heterocycles. The number of carboxylic acids is 1. The molecule has 4 heteroatoms. The van der Waals surface area contributed by atoms with Crippen molar-refractivity contribution in [3.05, 3.63) is 35.9 Å². The molecule has 1 unspecified atom stereocenters. The van der Waals surface area contributed by atoms with Gasteiger partial charge in [0.1, 0.15) is 6.04 Å². The lowest BCUT2D eigenvalue weighted by atomic mass is 9.75. The molecule has 2 rings (SSSR count). The van der Waals surface area contributed by atoms with E-state index < -0.39 is 12.0 Å². The fourth-order valence-corrected chi connectivity index (χ4v) is 2.65. The summed E-state index contributed by atoms with van der Waals surface area (Å²) in [4.78, 5) is 13.6. The molecule has 1 saturated carbocycles. The van der Waals surface area contributed by atoms with Crippen LogP contribution < -0.4 is 5.32 Å². The lowest BCUT2D eigenvalue weighted by molar-refractivity contribution is -0.140. The van der Waals surface area contributed by atoms with Gasteiger partial charge in [-0.05, 0) is 38.9 Å². The van der Waals surface area contributed by atoms with E-state index in [9.17, 15) is 9.90 Å². The molecule has 0 saturated heterocycles. The van der Waals surface area contributed by atoms with Crippen molar-refractivity contribution in [3.63, 3.8) is 0 Å². The number of benzene rings is 1. The van der Waals surface area contributed by atoms with Gasteiger partial charge >= 0.3 is 5.97 Å². The number of likely N-dealkylation sites (N-methyl/N-ethyl adjacent to an activating group) is 1. The molecule has 0 aromatic heterocycles. The van der Waals surface area contributed by atoms with Crippen molar-refractivity contribution in [1.29, 1.82) is 0 Å². The molecule has 2 N–H and O–H groups in total. The van der Waals surface area contributed by atoms with E-state index in [0.717, 1.165) is 18.4 Å². The van der Waals surface area contributed by atoms with Crippen LogP contribution in [0.25, 0.3) is 0 Å². The van der Waals surface area contributed by atoms with Gasteiger partial charge < -0.3 is 10.0 Å². The molecule has 104 valence electrons. The second-order valence-electron chi connectivity index (χ2n) is 5.54. The van der Waals surface area contributed by atoms with Gasteiger partial charge in [0.15, 0.2) is 0 Å². The van der Waals surface area contributed by atoms with E-state index in [2.05, 4.69) is 24.3 Å². The zero-order valence-corrected chi connectivity index (χ0v) is 11.6. The van der Waals surface area contributed by atoms with Crippen molar-refractivity contribution in [1.82, 2.24) is 10.2 Å². The van der Waals surface area contributed by atoms with E-state index in [-0.39, 0.29) is 5.54 Å². The number of carbonyl (C=O) groups is 1. The third kappa shape index (κ3) is 2.96. The SMILES string of the molecule is CN(C)C1(CNC(C(=O)O)c2ccccc2)CCC1. The molecule has 0 spiro atoms. The van der Waals surface area contributed by atoms with Crippen molar-refractivity contribution in [3.8, 4) is 0 Å². The van der Waals surface area contributed by atoms with Crippen LogP contribution in [0.4, 0.5) is 0 Å². The standard InChI is InChI=1S/C15H22N2O2/c1-17(2)15(9-6-10-15)11-16-13(14(18)19)12-7-4-3-5-8-12/h3-5,7-8,13,16H,6,9-11H2,1-2H3,(H,18,19). The molecule has 0 amide bonds. The largest absolute Gasteiger partial charge is 0.480 e. The van der Waals surface area contributed by atoms with Crippen molar-refractivity contribution in [2.45, 2.75) is 30.8 Å². The molecule has 1 aliphatic carbocycles. The Morgan fingerprint density at radius 3 is 2.42 bits per heavy atom. The molecular formula is C15H22N2O2. The lowest BCUT2D eigenvalue weighted by Crippen LogP contribution is -2.57. The van der Waals surface area contributed by atoms with Crippen LogP contribution in [0, 0.1) is 0 Å². The molecular weight excluding hydrogens is 240 g/mol. The van der Waals surface area contributed by atoms with Gasteiger partial charge in [0.2, 0.25) is 0 Å². The highest BCUT2D eigenvalue weighted by molar-refractivity contribution is 5.75. The number of aliphatic carboxylic acids is 1. The Balaban J connectivity index is 2.04. The van der Waals surface area contributed by atoms with E-state index in [1.165, 1.54) is 6.42 Å². The fourth-order valence-electron chi connectivity index (χ4n) is 2.65. The Morgan fingerprint density at radius 2 is 2.00 bits per heavy atom. The van der Waals surface area contributed by atoms with Crippen molar-refractivity contribution in [2.24, 2.45) is 0 Å². The zero-order chi connectivity index (χ0) is 13.9. The van der Waals surface area contributed by atoms with Crippen molar-refractivity contribution < 1.29 is 9.90 Å². The summed E-state index contributed by atoms with van der Waals surface area (Å²) < 4.78 is 0. The van der Waals surface area contributed by atoms with Gasteiger partial charge in [-0.1, -0.05) is 30.3 Å². The van der Waals surface area contributed by atoms with Crippen LogP contribution in [0.15, 0.2) is 30.3 Å². The topological polar surface area (TPSA) is 52.6 Å². The molecule has 0 bridgehead atoms. The summed E-state index contributed by atoms with van der Waals surface area (Å²) in [6.07, 6.45) is 3.49. The second kappa shape index (κ2) is 5.72. The number of rotatable bonds is 6. The quantitative estimate of drug-likeness (QED) is 0.822. The zero-order valence-electron chi connectivity index (χ0n) is 11.6. The van der Waals surface area contributed by atoms with Crippen LogP contribution in [0.5, 0.6) is 0 Å². The molecule has 1 atom stereocenters. The normalized spacial score (nSPS) is 18.9. The van der Waals surface area contributed by atoms with Crippen LogP contribution >= 0.6 is 0 Å². The number of nitrogens with one attached hydrogen (secondary N) is 1. The minimum absolute atomic E-state index is 0.127. The average molecular weight is 262 g/mol. The maximum Gasteiger partial charge on any atom is 0.325 e. The summed E-state index contributed by atoms with van der Waals surface area (Å²) >= 11 is 0. The predicted octanol–water partition coefficient (Wildman–Crippen LogP) is 1.89. The van der Waals surface area contributed by atoms with E-state index in [1.807, 2.05) is 30.3 Å². The average Bonchev–Trinajstić information content (AvgIpc) is 2.32. The summed E-state index contributed by atoms with van der Waals surface area (Å²) in [5.74, 6) is -0.820. The summed E-state index contributed by atoms with van der Waals surface area (Å²) in [5, 5.41) is 12.6. The van der Waals surface area contributed by atoms with Crippen LogP contribution in [-0.4, -0.2) is 42.2 Å². The first-order valence-corrected chi connectivity index (χ1v) is 6.74. The Morgan fingerprint density at radius 1 is 1.37 bits per heavy atom. The van der Waals surface area contributed by atoms with Gasteiger partial charge in [-0.2, -0.15) is 0 Å². The van der Waals surface area contributed by atoms with Gasteiger partial charge in [0, 0.05) is 12.1 Å². The molecule has 1 fully saturated rings. The smallest absolute Gasteiger partial charge is 0.325 e. The highest BCUT2D eigenvalue weighted by Crippen LogP contribution is 2.35. The third-order valence-electron chi connectivity index (χ3n) is 4.25. The van der Waals surface area contributed by atoms with Gasteiger partial charge in [0.25, 0.3) is 0 Å². The Kier molecular flexibility index (Phi) is 4.22. The molecule has 1 aliphatic rings. The molecule has 4 nitrogen and oxygen atoms in total. The maximum absolute atomic E-state index is 11.4. The molecule has 0 aliphatic heterocycles. The first-order chi connectivity index (χ1) is 9.05. The summed E-state index contributed by atoms with van der Waals surface area (Å²) in [7, 11) is 4.14. The minimum Gasteiger partial charge on any atom is -0.480 e. The number of hydrogen-bond donors (Lipinski definition) is 2. The summed E-state index contributed by atoms with van der Waals surface area (Å²) in [5.41, 5.74) is 0.936. The van der Waals surface area contributed by atoms with Crippen LogP contribution in [0.2, 0.25) is 0 Å². The van der Waals surface area contributed by atoms with E-state index in [4.69, 9.17) is 0 Å². The highest BCUT2D eigenvalue weighted by atomic mass is 16.4. The molecule has 0 radical (unpaired) electrons. The predicted molar refractivity (Wildman–Crippen MR) is 75.1 cm³/mol. The van der Waals surface area contributed by atoms with E-state index >= 15 is 0 Å². The Hall–Kier alpha value is -1.39. The van der Waals surface area contributed by atoms with Gasteiger partial charge in [-0.15, -0.1) is 0 Å². The lowest BCUT2D eigenvalue weighted by Gasteiger charge is -2.48. The minimum atomic E-state index is -0.820. The third-order valence-corrected chi connectivity index (χ3v) is 4.25. The number of nitrogens with zero attached hydrogens (tertiary/aromatic N) is 1. The first-order valence-electron chi connectivity index (χ1n) is 6.74. The van der Waals surface area contributed by atoms with Gasteiger partial charge in [-0.25, -0.2) is 0 Å². The number of carboxylic acid groups (broad SMARTS) is 1. The monoisotopic (exact) mass is 262 g/mol. The Bertz CT molecular complexity index is 427. The maximum atomic E-state index is 11.4. The first kappa shape index (κ1) is 14.0. The van der Waals surface area contributed by atoms with E-state index in [1.54, 1.807) is 0 Å². The van der Waals surface area contributed by atoms with Gasteiger partial charge in [0.05, 0.1) is 0 Å². The Labute approximate surface area is 114 Å². The van der Waals surface area contributed by atoms with E-state index in [0.29, 0.717) is 6.54 Å². The molecule has 19 heavy (non-hydrogen) atoms. The highest BCUT2D eigenvalue weighted by Gasteiger charge is 2.39. The summed E-state index contributed by atoms with van der Waals surface area (Å²) in [6.45, 7) is 0.714. The van der Waals surface area contributed by atoms with Crippen molar-refractivity contribution >= 4 is 5.97 Å². The van der Waals surface area contributed by atoms with Crippen LogP contribution in [-0.2, 0) is 4.79 Å². The summed E-state index contributed by atoms with van der Waals surface area (Å²) in [6, 6.07) is 8.73. The molecule has 1 aromatic carbocycles. The number of hydrogen-bond acceptors (Lipinski definition) is 3. The van der Waals surface area contributed by atoms with Crippen molar-refractivity contribution in [2.75, 3.05) is 20.6 Å². The van der Waals surface area contributed by atoms with Crippen LogP contribution in [0.3, 0.4) is 0 Å².